The highest BCUT2D eigenvalue weighted by atomic mass is 16.3. The van der Waals surface area contributed by atoms with Gasteiger partial charge in [-0.2, -0.15) is 0 Å². The van der Waals surface area contributed by atoms with Gasteiger partial charge in [0.1, 0.15) is 5.75 Å². The van der Waals surface area contributed by atoms with Crippen molar-refractivity contribution in [2.45, 2.75) is 0 Å². The number of anilines is 1. The van der Waals surface area contributed by atoms with Crippen LogP contribution >= 0.6 is 0 Å². The van der Waals surface area contributed by atoms with E-state index >= 15 is 0 Å². The van der Waals surface area contributed by atoms with Crippen LogP contribution in [0.25, 0.3) is 6.08 Å². The molecule has 0 saturated heterocycles. The van der Waals surface area contributed by atoms with Gasteiger partial charge >= 0.3 is 0 Å². The summed E-state index contributed by atoms with van der Waals surface area (Å²) in [5, 5.41) is 9.88. The minimum Gasteiger partial charge on any atom is -0.506 e. The Morgan fingerprint density at radius 2 is 1.75 bits per heavy atom. The summed E-state index contributed by atoms with van der Waals surface area (Å²) in [6.45, 7) is 0. The van der Waals surface area contributed by atoms with Crippen LogP contribution in [0.3, 0.4) is 0 Å². The molecule has 0 aliphatic rings. The van der Waals surface area contributed by atoms with Crippen LogP contribution in [-0.2, 0) is 0 Å². The summed E-state index contributed by atoms with van der Waals surface area (Å²) in [7, 11) is 3.71. The van der Waals surface area contributed by atoms with Crippen molar-refractivity contribution < 1.29 is 9.90 Å². The Balaban J connectivity index is 2.29. The first-order chi connectivity index (χ1) is 9.59. The molecule has 102 valence electrons. The number of phenolic OH excluding ortho intramolecular Hbond substituents is 1. The molecule has 0 aliphatic heterocycles. The van der Waals surface area contributed by atoms with E-state index in [0.717, 1.165) is 5.56 Å². The van der Waals surface area contributed by atoms with E-state index in [2.05, 4.69) is 0 Å². The molecule has 0 radical (unpaired) electrons. The van der Waals surface area contributed by atoms with Crippen LogP contribution in [0.1, 0.15) is 15.9 Å². The molecular formula is C17H17NO2. The molecule has 2 rings (SSSR count). The van der Waals surface area contributed by atoms with Crippen molar-refractivity contribution in [3.05, 3.63) is 65.7 Å². The highest BCUT2D eigenvalue weighted by molar-refractivity contribution is 6.07. The third kappa shape index (κ3) is 3.06. The van der Waals surface area contributed by atoms with Gasteiger partial charge in [-0.3, -0.25) is 4.79 Å². The van der Waals surface area contributed by atoms with Gasteiger partial charge in [0.25, 0.3) is 0 Å². The predicted molar refractivity (Wildman–Crippen MR) is 82.2 cm³/mol. The summed E-state index contributed by atoms with van der Waals surface area (Å²) < 4.78 is 0. The molecule has 0 atom stereocenters. The highest BCUT2D eigenvalue weighted by Gasteiger charge is 2.08. The molecule has 2 aromatic rings. The Labute approximate surface area is 118 Å². The van der Waals surface area contributed by atoms with Crippen LogP contribution in [0.4, 0.5) is 5.69 Å². The first kappa shape index (κ1) is 13.9. The zero-order chi connectivity index (χ0) is 14.5. The highest BCUT2D eigenvalue weighted by Crippen LogP contribution is 2.30. The Hall–Kier alpha value is -2.55. The third-order valence-corrected chi connectivity index (χ3v) is 2.97. The van der Waals surface area contributed by atoms with Crippen molar-refractivity contribution in [3.8, 4) is 5.75 Å². The number of phenols is 1. The van der Waals surface area contributed by atoms with Crippen LogP contribution in [0.2, 0.25) is 0 Å². The summed E-state index contributed by atoms with van der Waals surface area (Å²) >= 11 is 0. The fourth-order valence-corrected chi connectivity index (χ4v) is 2.03. The number of aromatic hydroxyl groups is 1. The minimum absolute atomic E-state index is 0.0568. The van der Waals surface area contributed by atoms with E-state index in [1.807, 2.05) is 43.3 Å². The van der Waals surface area contributed by atoms with E-state index < -0.39 is 0 Å². The molecule has 0 bridgehead atoms. The molecule has 0 fully saturated rings. The standard InChI is InChI=1S/C17H17NO2/c1-18(2)17-14(9-6-10-16(17)20)11-12-15(19)13-7-4-3-5-8-13/h3-12,20H,1-2H3/b12-11+. The van der Waals surface area contributed by atoms with Crippen molar-refractivity contribution in [1.82, 2.24) is 0 Å². The summed E-state index contributed by atoms with van der Waals surface area (Å²) in [6.07, 6.45) is 3.25. The van der Waals surface area contributed by atoms with Crippen LogP contribution in [0, 0.1) is 0 Å². The van der Waals surface area contributed by atoms with Gasteiger partial charge < -0.3 is 10.0 Å². The number of hydrogen-bond acceptors (Lipinski definition) is 3. The maximum atomic E-state index is 12.0. The lowest BCUT2D eigenvalue weighted by atomic mass is 10.1. The summed E-state index contributed by atoms with van der Waals surface area (Å²) in [5.74, 6) is 0.142. The minimum atomic E-state index is -0.0568. The smallest absolute Gasteiger partial charge is 0.185 e. The lowest BCUT2D eigenvalue weighted by Crippen LogP contribution is -2.10. The van der Waals surface area contributed by atoms with Gasteiger partial charge in [0.15, 0.2) is 5.78 Å². The van der Waals surface area contributed by atoms with E-state index in [1.54, 1.807) is 30.3 Å². The van der Waals surface area contributed by atoms with Gasteiger partial charge in [-0.05, 0) is 18.2 Å². The van der Waals surface area contributed by atoms with E-state index in [4.69, 9.17) is 0 Å². The van der Waals surface area contributed by atoms with Gasteiger partial charge in [-0.1, -0.05) is 42.5 Å². The van der Waals surface area contributed by atoms with Crippen molar-refractivity contribution in [2.24, 2.45) is 0 Å². The second-order valence-electron chi connectivity index (χ2n) is 4.67. The normalized spacial score (nSPS) is 10.7. The molecule has 0 amide bonds. The number of rotatable bonds is 4. The van der Waals surface area contributed by atoms with Gasteiger partial charge in [-0.15, -0.1) is 0 Å². The first-order valence-electron chi connectivity index (χ1n) is 6.36. The number of para-hydroxylation sites is 1. The average molecular weight is 267 g/mol. The molecule has 1 N–H and O–H groups in total. The van der Waals surface area contributed by atoms with Gasteiger partial charge in [-0.25, -0.2) is 0 Å². The molecule has 0 heterocycles. The Morgan fingerprint density at radius 1 is 1.05 bits per heavy atom. The monoisotopic (exact) mass is 267 g/mol. The number of ketones is 1. The lowest BCUT2D eigenvalue weighted by molar-refractivity contribution is 0.104. The number of hydrogen-bond donors (Lipinski definition) is 1. The average Bonchev–Trinajstić information content (AvgIpc) is 2.45. The Morgan fingerprint density at radius 3 is 2.40 bits per heavy atom. The van der Waals surface area contributed by atoms with Crippen LogP contribution in [0.5, 0.6) is 5.75 Å². The fraction of sp³-hybridized carbons (Fsp3) is 0.118. The van der Waals surface area contributed by atoms with Crippen molar-refractivity contribution in [2.75, 3.05) is 19.0 Å². The summed E-state index contributed by atoms with van der Waals surface area (Å²) in [6, 6.07) is 14.4. The molecule has 0 spiro atoms. The van der Waals surface area contributed by atoms with Crippen molar-refractivity contribution >= 4 is 17.5 Å². The molecule has 20 heavy (non-hydrogen) atoms. The molecule has 0 aromatic heterocycles. The van der Waals surface area contributed by atoms with E-state index in [1.165, 1.54) is 6.08 Å². The topological polar surface area (TPSA) is 40.5 Å². The lowest BCUT2D eigenvalue weighted by Gasteiger charge is -2.17. The van der Waals surface area contributed by atoms with Gasteiger partial charge in [0.05, 0.1) is 5.69 Å². The number of allylic oxidation sites excluding steroid dienone is 1. The molecular weight excluding hydrogens is 250 g/mol. The summed E-state index contributed by atoms with van der Waals surface area (Å²) in [4.78, 5) is 13.8. The van der Waals surface area contributed by atoms with E-state index in [9.17, 15) is 9.90 Å². The molecule has 0 unspecified atom stereocenters. The SMILES string of the molecule is CN(C)c1c(O)cccc1/C=C/C(=O)c1ccccc1. The van der Waals surface area contributed by atoms with Crippen molar-refractivity contribution in [1.29, 1.82) is 0 Å². The number of carbonyl (C=O) groups excluding carboxylic acids is 1. The quantitative estimate of drug-likeness (QED) is 0.682. The Kier molecular flexibility index (Phi) is 4.20. The molecule has 0 aliphatic carbocycles. The van der Waals surface area contributed by atoms with Gasteiger partial charge in [0.2, 0.25) is 0 Å². The molecule has 2 aromatic carbocycles. The zero-order valence-electron chi connectivity index (χ0n) is 11.6. The first-order valence-corrected chi connectivity index (χ1v) is 6.36. The van der Waals surface area contributed by atoms with Crippen LogP contribution in [0.15, 0.2) is 54.6 Å². The third-order valence-electron chi connectivity index (χ3n) is 2.97. The second kappa shape index (κ2) is 6.06. The maximum Gasteiger partial charge on any atom is 0.185 e. The number of benzene rings is 2. The fourth-order valence-electron chi connectivity index (χ4n) is 2.03. The molecule has 0 saturated carbocycles. The van der Waals surface area contributed by atoms with Crippen molar-refractivity contribution in [3.63, 3.8) is 0 Å². The summed E-state index contributed by atoms with van der Waals surface area (Å²) in [5.41, 5.74) is 2.15. The predicted octanol–water partition coefficient (Wildman–Crippen LogP) is 3.35. The van der Waals surface area contributed by atoms with Crippen LogP contribution < -0.4 is 4.90 Å². The largest absolute Gasteiger partial charge is 0.506 e. The number of nitrogens with zero attached hydrogens (tertiary/aromatic N) is 1. The number of carbonyl (C=O) groups is 1. The van der Waals surface area contributed by atoms with Gasteiger partial charge in [0, 0.05) is 25.2 Å². The zero-order valence-corrected chi connectivity index (χ0v) is 11.6. The van der Waals surface area contributed by atoms with Crippen LogP contribution in [-0.4, -0.2) is 25.0 Å². The maximum absolute atomic E-state index is 12.0. The molecule has 3 nitrogen and oxygen atoms in total. The van der Waals surface area contributed by atoms with E-state index in [-0.39, 0.29) is 11.5 Å². The second-order valence-corrected chi connectivity index (χ2v) is 4.67. The Bertz CT molecular complexity index is 631. The molecule has 3 heteroatoms. The van der Waals surface area contributed by atoms with E-state index in [0.29, 0.717) is 11.3 Å².